The number of hydrogen-bond donors (Lipinski definition) is 1. The van der Waals surface area contributed by atoms with Crippen LogP contribution in [-0.4, -0.2) is 46.4 Å². The van der Waals surface area contributed by atoms with Crippen LogP contribution in [0, 0.1) is 17.8 Å². The molecule has 7 atom stereocenters. The number of nitrogens with zero attached hydrogens (tertiary/aromatic N) is 1. The average Bonchev–Trinajstić information content (AvgIpc) is 2.39. The molecule has 0 amide bonds. The smallest absolute Gasteiger partial charge is 0.0890 e. The van der Waals surface area contributed by atoms with Crippen molar-refractivity contribution in [1.29, 1.82) is 0 Å². The highest BCUT2D eigenvalue weighted by molar-refractivity contribution is 5.23. The molecule has 6 rings (SSSR count). The fraction of sp³-hybridized carbons (Fsp3) is 1.00. The number of aliphatic hydroxyl groups excluding tert-OH is 1. The Morgan fingerprint density at radius 2 is 1.89 bits per heavy atom. The van der Waals surface area contributed by atoms with Gasteiger partial charge in [0.2, 0.25) is 0 Å². The van der Waals surface area contributed by atoms with Crippen molar-refractivity contribution in [3.63, 3.8) is 0 Å². The summed E-state index contributed by atoms with van der Waals surface area (Å²) in [6.45, 7) is 4.89. The molecule has 4 aliphatic heterocycles. The van der Waals surface area contributed by atoms with E-state index < -0.39 is 0 Å². The van der Waals surface area contributed by atoms with Crippen LogP contribution < -0.4 is 0 Å². The largest absolute Gasteiger partial charge is 0.390 e. The van der Waals surface area contributed by atoms with Gasteiger partial charge >= 0.3 is 0 Å². The molecule has 1 N–H and O–H groups in total. The summed E-state index contributed by atoms with van der Waals surface area (Å²) in [7, 11) is 0. The summed E-state index contributed by atoms with van der Waals surface area (Å²) in [5.74, 6) is 1.86. The van der Waals surface area contributed by atoms with Crippen molar-refractivity contribution < 1.29 is 9.84 Å². The summed E-state index contributed by atoms with van der Waals surface area (Å²) >= 11 is 0. The molecule has 0 aromatic rings. The molecule has 3 nitrogen and oxygen atoms in total. The van der Waals surface area contributed by atoms with Crippen molar-refractivity contribution in [3.8, 4) is 0 Å². The van der Waals surface area contributed by atoms with Crippen LogP contribution in [0.25, 0.3) is 0 Å². The minimum atomic E-state index is -0.186. The zero-order chi connectivity index (χ0) is 12.8. The van der Waals surface area contributed by atoms with Gasteiger partial charge in [-0.25, -0.2) is 0 Å². The summed E-state index contributed by atoms with van der Waals surface area (Å²) in [4.78, 5) is 2.82. The molecule has 0 aromatic heterocycles. The topological polar surface area (TPSA) is 32.7 Å². The average molecular weight is 263 g/mol. The van der Waals surface area contributed by atoms with Crippen LogP contribution in [0.2, 0.25) is 0 Å². The molecule has 4 saturated heterocycles. The van der Waals surface area contributed by atoms with Crippen LogP contribution in [0.4, 0.5) is 0 Å². The molecule has 0 unspecified atom stereocenters. The maximum Gasteiger partial charge on any atom is 0.0890 e. The standard InChI is InChI=1S/C16H25NO2/c1-15-8-10-11-4-2-6-17-7-3-5-12(16(11,17)9-15)14(19-15)13(10)18/h10-14,18H,2-9H2,1H3/t10-,11-,12-,13+,14+,15+,16-/m1/s1. The van der Waals surface area contributed by atoms with Crippen LogP contribution in [0.15, 0.2) is 0 Å². The molecule has 2 aliphatic carbocycles. The number of rotatable bonds is 0. The van der Waals surface area contributed by atoms with E-state index in [-0.39, 0.29) is 17.8 Å². The van der Waals surface area contributed by atoms with E-state index in [9.17, 15) is 5.11 Å². The SMILES string of the molecule is C[C@@]12C[C@H]3[C@H](O)[C@@H](O1)[C@H]1CCCN4CCC[C@H]3[C@]14C2. The van der Waals surface area contributed by atoms with E-state index in [0.717, 1.165) is 12.3 Å². The Balaban J connectivity index is 1.69. The van der Waals surface area contributed by atoms with Gasteiger partial charge in [0.15, 0.2) is 0 Å². The first-order valence-electron chi connectivity index (χ1n) is 8.25. The molecule has 2 saturated carbocycles. The molecule has 0 aromatic carbocycles. The number of aliphatic hydroxyl groups is 1. The molecule has 3 heteroatoms. The Morgan fingerprint density at radius 3 is 2.68 bits per heavy atom. The van der Waals surface area contributed by atoms with E-state index in [1.165, 1.54) is 45.2 Å². The van der Waals surface area contributed by atoms with Gasteiger partial charge in [-0.1, -0.05) is 0 Å². The molecule has 0 radical (unpaired) electrons. The second-order valence-electron chi connectivity index (χ2n) is 8.04. The van der Waals surface area contributed by atoms with Crippen LogP contribution in [0.1, 0.15) is 45.4 Å². The predicted molar refractivity (Wildman–Crippen MR) is 71.8 cm³/mol. The summed E-state index contributed by atoms with van der Waals surface area (Å²) < 4.78 is 6.38. The van der Waals surface area contributed by atoms with Crippen LogP contribution in [-0.2, 0) is 4.74 Å². The monoisotopic (exact) mass is 263 g/mol. The van der Waals surface area contributed by atoms with Gasteiger partial charge in [0.05, 0.1) is 17.8 Å². The van der Waals surface area contributed by atoms with Gasteiger partial charge in [0.25, 0.3) is 0 Å². The van der Waals surface area contributed by atoms with Gasteiger partial charge in [0.1, 0.15) is 0 Å². The lowest BCUT2D eigenvalue weighted by Crippen LogP contribution is -2.81. The number of hydrogen-bond acceptors (Lipinski definition) is 3. The van der Waals surface area contributed by atoms with Gasteiger partial charge in [0, 0.05) is 11.5 Å². The molecule has 19 heavy (non-hydrogen) atoms. The molecule has 4 bridgehead atoms. The van der Waals surface area contributed by atoms with Crippen LogP contribution >= 0.6 is 0 Å². The lowest BCUT2D eigenvalue weighted by Gasteiger charge is -2.74. The Hall–Kier alpha value is -0.120. The molecular formula is C16H25NO2. The summed E-state index contributed by atoms with van der Waals surface area (Å²) in [5, 5.41) is 10.7. The summed E-state index contributed by atoms with van der Waals surface area (Å²) in [5.41, 5.74) is 0.449. The molecule has 6 fully saturated rings. The zero-order valence-electron chi connectivity index (χ0n) is 11.8. The Kier molecular flexibility index (Phi) is 2.05. The first kappa shape index (κ1) is 11.5. The maximum atomic E-state index is 10.7. The van der Waals surface area contributed by atoms with Crippen LogP contribution in [0.5, 0.6) is 0 Å². The lowest BCUT2D eigenvalue weighted by molar-refractivity contribution is -0.345. The first-order valence-corrected chi connectivity index (χ1v) is 8.25. The second kappa shape index (κ2) is 3.37. The van der Waals surface area contributed by atoms with Crippen molar-refractivity contribution in [2.45, 2.75) is 68.8 Å². The van der Waals surface area contributed by atoms with Gasteiger partial charge in [-0.15, -0.1) is 0 Å². The van der Waals surface area contributed by atoms with Crippen molar-refractivity contribution >= 4 is 0 Å². The molecule has 4 heterocycles. The first-order chi connectivity index (χ1) is 9.14. The highest BCUT2D eigenvalue weighted by atomic mass is 16.5. The third-order valence-electron chi connectivity index (χ3n) is 7.19. The number of piperidine rings is 2. The Bertz CT molecular complexity index is 395. The molecular weight excluding hydrogens is 238 g/mol. The van der Waals surface area contributed by atoms with Gasteiger partial charge in [-0.2, -0.15) is 0 Å². The third-order valence-corrected chi connectivity index (χ3v) is 7.19. The maximum absolute atomic E-state index is 10.7. The number of ether oxygens (including phenoxy) is 1. The minimum absolute atomic E-state index is 0.0501. The molecule has 1 spiro atoms. The fourth-order valence-electron chi connectivity index (χ4n) is 6.91. The summed E-state index contributed by atoms with van der Waals surface area (Å²) in [6, 6.07) is 0. The molecule has 106 valence electrons. The van der Waals surface area contributed by atoms with Crippen molar-refractivity contribution in [2.24, 2.45) is 17.8 Å². The third kappa shape index (κ3) is 1.18. The highest BCUT2D eigenvalue weighted by Gasteiger charge is 2.71. The van der Waals surface area contributed by atoms with E-state index in [2.05, 4.69) is 11.8 Å². The van der Waals surface area contributed by atoms with E-state index in [1.54, 1.807) is 0 Å². The lowest BCUT2D eigenvalue weighted by atomic mass is 9.44. The van der Waals surface area contributed by atoms with Gasteiger partial charge < -0.3 is 9.84 Å². The minimum Gasteiger partial charge on any atom is -0.390 e. The Labute approximate surface area is 115 Å². The van der Waals surface area contributed by atoms with E-state index >= 15 is 0 Å². The van der Waals surface area contributed by atoms with Crippen molar-refractivity contribution in [3.05, 3.63) is 0 Å². The second-order valence-corrected chi connectivity index (χ2v) is 8.04. The van der Waals surface area contributed by atoms with E-state index in [4.69, 9.17) is 4.74 Å². The normalized spacial score (nSPS) is 63.2. The highest BCUT2D eigenvalue weighted by Crippen LogP contribution is 2.66. The van der Waals surface area contributed by atoms with Gasteiger partial charge in [-0.3, -0.25) is 4.90 Å². The van der Waals surface area contributed by atoms with Gasteiger partial charge in [-0.05, 0) is 70.4 Å². The fourth-order valence-corrected chi connectivity index (χ4v) is 6.91. The van der Waals surface area contributed by atoms with Crippen molar-refractivity contribution in [1.82, 2.24) is 4.90 Å². The molecule has 6 aliphatic rings. The quantitative estimate of drug-likeness (QED) is 0.723. The summed E-state index contributed by atoms with van der Waals surface area (Å²) in [6.07, 6.45) is 7.53. The Morgan fingerprint density at radius 1 is 1.16 bits per heavy atom. The van der Waals surface area contributed by atoms with Crippen LogP contribution in [0.3, 0.4) is 0 Å². The van der Waals surface area contributed by atoms with E-state index in [1.807, 2.05) is 0 Å². The zero-order valence-corrected chi connectivity index (χ0v) is 11.8. The predicted octanol–water partition coefficient (Wildman–Crippen LogP) is 1.79. The van der Waals surface area contributed by atoms with Crippen molar-refractivity contribution in [2.75, 3.05) is 13.1 Å². The van der Waals surface area contributed by atoms with E-state index in [0.29, 0.717) is 17.4 Å².